The van der Waals surface area contributed by atoms with E-state index < -0.39 is 51.7 Å². The van der Waals surface area contributed by atoms with Crippen molar-refractivity contribution in [2.45, 2.75) is 24.1 Å². The number of hydrogen-bond donors (Lipinski definition) is 2. The lowest BCUT2D eigenvalue weighted by molar-refractivity contribution is -0.287. The molecule has 0 spiro atoms. The van der Waals surface area contributed by atoms with Gasteiger partial charge in [0.25, 0.3) is 5.54 Å². The Morgan fingerprint density at radius 1 is 0.950 bits per heavy atom. The zero-order chi connectivity index (χ0) is 16.1. The van der Waals surface area contributed by atoms with E-state index in [1.165, 1.54) is 0 Å². The predicted octanol–water partition coefficient (Wildman–Crippen LogP) is 3.86. The molecule has 0 bridgehead atoms. The van der Waals surface area contributed by atoms with E-state index in [1.807, 2.05) is 0 Å². The Kier molecular flexibility index (Phi) is 3.74. The molecule has 1 aliphatic heterocycles. The number of nitrogens with one attached hydrogen (secondary N) is 2. The third kappa shape index (κ3) is 2.42. The van der Waals surface area contributed by atoms with Crippen molar-refractivity contribution in [2.75, 3.05) is 0 Å². The molecule has 1 saturated heterocycles. The van der Waals surface area contributed by atoms with Gasteiger partial charge in [-0.1, -0.05) is 11.8 Å². The van der Waals surface area contributed by atoms with Crippen molar-refractivity contribution in [2.24, 2.45) is 0 Å². The molecule has 1 aliphatic rings. The Balaban J connectivity index is 3.70. The molecule has 2 N–H and O–H groups in total. The number of amidine groups is 1. The van der Waals surface area contributed by atoms with Gasteiger partial charge >= 0.3 is 18.5 Å². The van der Waals surface area contributed by atoms with Crippen LogP contribution in [-0.2, 0) is 0 Å². The number of halogens is 10. The summed E-state index contributed by atoms with van der Waals surface area (Å²) in [6, 6.07) is 0. The molecule has 1 rings (SSSR count). The lowest BCUT2D eigenvalue weighted by Crippen LogP contribution is -2.65. The Labute approximate surface area is 107 Å². The molecule has 0 unspecified atom stereocenters. The lowest BCUT2D eigenvalue weighted by Gasteiger charge is -2.34. The van der Waals surface area contributed by atoms with Gasteiger partial charge in [0.1, 0.15) is 0 Å². The monoisotopic (exact) mass is 336 g/mol. The minimum Gasteiger partial charge on any atom is -0.339 e. The first kappa shape index (κ1) is 16.9. The van der Waals surface area contributed by atoms with Crippen molar-refractivity contribution in [1.29, 1.82) is 5.41 Å². The molecule has 20 heavy (non-hydrogen) atoms. The highest BCUT2D eigenvalue weighted by molar-refractivity contribution is 8.17. The first-order valence-corrected chi connectivity index (χ1v) is 5.11. The average molecular weight is 336 g/mol. The topological polar surface area (TPSA) is 35.9 Å². The first-order chi connectivity index (χ1) is 8.64. The van der Waals surface area contributed by atoms with Crippen molar-refractivity contribution in [3.63, 3.8) is 0 Å². The summed E-state index contributed by atoms with van der Waals surface area (Å²) in [7, 11) is 0. The SMILES string of the molecule is N=C1NC(C(F)(F)F)(C(F)(F)F)/C(=C(/F)C(F)(F)F)S1. The van der Waals surface area contributed by atoms with Crippen LogP contribution in [0.3, 0.4) is 0 Å². The molecule has 1 heterocycles. The summed E-state index contributed by atoms with van der Waals surface area (Å²) in [6.45, 7) is 0. The third-order valence-electron chi connectivity index (χ3n) is 2.14. The normalized spacial score (nSPS) is 22.8. The Bertz CT molecular complexity index is 442. The van der Waals surface area contributed by atoms with E-state index in [-0.39, 0.29) is 0 Å². The zero-order valence-electron chi connectivity index (χ0n) is 8.69. The highest BCUT2D eigenvalue weighted by Crippen LogP contribution is 2.56. The van der Waals surface area contributed by atoms with Gasteiger partial charge in [-0.25, -0.2) is 4.39 Å². The fourth-order valence-electron chi connectivity index (χ4n) is 1.33. The molecule has 0 atom stereocenters. The molecular formula is C7H2F10N2S. The Hall–Kier alpha value is -1.14. The van der Waals surface area contributed by atoms with Gasteiger partial charge in [0.15, 0.2) is 5.17 Å². The van der Waals surface area contributed by atoms with Crippen molar-refractivity contribution in [3.05, 3.63) is 10.7 Å². The van der Waals surface area contributed by atoms with Gasteiger partial charge in [-0.3, -0.25) is 5.41 Å². The van der Waals surface area contributed by atoms with Crippen LogP contribution in [0, 0.1) is 5.41 Å². The molecule has 116 valence electrons. The van der Waals surface area contributed by atoms with Gasteiger partial charge in [0.2, 0.25) is 5.83 Å². The van der Waals surface area contributed by atoms with Crippen LogP contribution in [0.15, 0.2) is 10.7 Å². The van der Waals surface area contributed by atoms with Crippen molar-refractivity contribution < 1.29 is 43.9 Å². The summed E-state index contributed by atoms with van der Waals surface area (Å²) >= 11 is -0.922. The maximum atomic E-state index is 12.9. The molecule has 0 aliphatic carbocycles. The number of rotatable bonds is 0. The second-order valence-electron chi connectivity index (χ2n) is 3.44. The minimum atomic E-state index is -6.33. The highest BCUT2D eigenvalue weighted by atomic mass is 32.2. The number of hydrogen-bond acceptors (Lipinski definition) is 2. The van der Waals surface area contributed by atoms with Crippen LogP contribution in [0.2, 0.25) is 0 Å². The second kappa shape index (κ2) is 4.43. The molecule has 2 nitrogen and oxygen atoms in total. The summed E-state index contributed by atoms with van der Waals surface area (Å²) in [4.78, 5) is -2.70. The highest BCUT2D eigenvalue weighted by Gasteiger charge is 2.77. The summed E-state index contributed by atoms with van der Waals surface area (Å²) in [5.74, 6) is -3.55. The largest absolute Gasteiger partial charge is 0.443 e. The van der Waals surface area contributed by atoms with Gasteiger partial charge in [0.05, 0.1) is 4.91 Å². The average Bonchev–Trinajstić information content (AvgIpc) is 2.52. The van der Waals surface area contributed by atoms with Crippen molar-refractivity contribution >= 4 is 16.9 Å². The molecule has 0 radical (unpaired) electrons. The lowest BCUT2D eigenvalue weighted by atomic mass is 9.96. The van der Waals surface area contributed by atoms with E-state index in [9.17, 15) is 43.9 Å². The van der Waals surface area contributed by atoms with E-state index in [2.05, 4.69) is 0 Å². The van der Waals surface area contributed by atoms with Crippen molar-refractivity contribution in [3.8, 4) is 0 Å². The minimum absolute atomic E-state index is 0.549. The van der Waals surface area contributed by atoms with Crippen LogP contribution in [0.25, 0.3) is 0 Å². The molecular weight excluding hydrogens is 334 g/mol. The molecule has 0 aromatic rings. The zero-order valence-corrected chi connectivity index (χ0v) is 9.50. The number of thioether (sulfide) groups is 1. The first-order valence-electron chi connectivity index (χ1n) is 4.30. The van der Waals surface area contributed by atoms with Crippen LogP contribution in [-0.4, -0.2) is 29.2 Å². The molecule has 0 amide bonds. The smallest absolute Gasteiger partial charge is 0.339 e. The second-order valence-corrected chi connectivity index (χ2v) is 4.46. The van der Waals surface area contributed by atoms with E-state index in [0.29, 0.717) is 5.32 Å². The van der Waals surface area contributed by atoms with Crippen molar-refractivity contribution in [1.82, 2.24) is 5.32 Å². The summed E-state index contributed by atoms with van der Waals surface area (Å²) in [5.41, 5.74) is -5.29. The Morgan fingerprint density at radius 2 is 1.35 bits per heavy atom. The standard InChI is InChI=1S/C7H2F10N2S/c8-1(5(9,10)11)2-4(6(12,13)14,7(15,16)17)19-3(18)20-2/h(H2,18,19)/b2-1-. The molecule has 0 aromatic carbocycles. The van der Waals surface area contributed by atoms with Gasteiger partial charge < -0.3 is 5.32 Å². The van der Waals surface area contributed by atoms with Crippen LogP contribution in [0.1, 0.15) is 0 Å². The maximum Gasteiger partial charge on any atom is 0.443 e. The molecule has 13 heteroatoms. The van der Waals surface area contributed by atoms with E-state index in [4.69, 9.17) is 5.41 Å². The molecule has 0 saturated carbocycles. The number of allylic oxidation sites excluding steroid dienone is 1. The summed E-state index contributed by atoms with van der Waals surface area (Å²) in [6.07, 6.45) is -18.7. The molecule has 1 fully saturated rings. The van der Waals surface area contributed by atoms with Crippen LogP contribution in [0.4, 0.5) is 43.9 Å². The summed E-state index contributed by atoms with van der Waals surface area (Å²) < 4.78 is 125. The van der Waals surface area contributed by atoms with E-state index in [1.54, 1.807) is 0 Å². The summed E-state index contributed by atoms with van der Waals surface area (Å²) in [5, 5.41) is 5.62. The third-order valence-corrected chi connectivity index (χ3v) is 3.14. The van der Waals surface area contributed by atoms with Gasteiger partial charge in [-0.05, 0) is 0 Å². The van der Waals surface area contributed by atoms with Crippen LogP contribution >= 0.6 is 11.8 Å². The predicted molar refractivity (Wildman–Crippen MR) is 47.5 cm³/mol. The quantitative estimate of drug-likeness (QED) is 0.659. The fourth-order valence-corrected chi connectivity index (χ4v) is 2.38. The Morgan fingerprint density at radius 3 is 1.65 bits per heavy atom. The van der Waals surface area contributed by atoms with Crippen LogP contribution < -0.4 is 5.32 Å². The number of alkyl halides is 9. The van der Waals surface area contributed by atoms with E-state index in [0.717, 1.165) is 0 Å². The van der Waals surface area contributed by atoms with Gasteiger partial charge in [0, 0.05) is 0 Å². The fraction of sp³-hybridized carbons (Fsp3) is 0.571. The van der Waals surface area contributed by atoms with E-state index >= 15 is 0 Å². The van der Waals surface area contributed by atoms with Gasteiger partial charge in [-0.15, -0.1) is 0 Å². The molecule has 0 aromatic heterocycles. The maximum absolute atomic E-state index is 12.9. The van der Waals surface area contributed by atoms with Gasteiger partial charge in [-0.2, -0.15) is 39.5 Å². The van der Waals surface area contributed by atoms with Crippen LogP contribution in [0.5, 0.6) is 0 Å².